The number of benzene rings is 2. The van der Waals surface area contributed by atoms with Gasteiger partial charge in [-0.3, -0.25) is 0 Å². The highest BCUT2D eigenvalue weighted by Crippen LogP contribution is 2.31. The summed E-state index contributed by atoms with van der Waals surface area (Å²) in [6, 6.07) is 11.9. The molecule has 0 aliphatic heterocycles. The molecule has 0 fully saturated rings. The van der Waals surface area contributed by atoms with Crippen LogP contribution in [0, 0.1) is 5.82 Å². The zero-order chi connectivity index (χ0) is 16.1. The Hall–Kier alpha value is -2.62. The van der Waals surface area contributed by atoms with Crippen LogP contribution in [-0.4, -0.2) is 20.2 Å². The first-order chi connectivity index (χ1) is 10.5. The van der Waals surface area contributed by atoms with Gasteiger partial charge in [0.2, 0.25) is 0 Å². The van der Waals surface area contributed by atoms with Crippen molar-refractivity contribution in [2.75, 3.05) is 14.2 Å². The molecule has 0 radical (unpaired) electrons. The number of rotatable bonds is 4. The van der Waals surface area contributed by atoms with Gasteiger partial charge in [0.1, 0.15) is 11.6 Å². The lowest BCUT2D eigenvalue weighted by Crippen LogP contribution is -1.95. The van der Waals surface area contributed by atoms with E-state index in [9.17, 15) is 9.18 Å². The first kappa shape index (κ1) is 15.8. The van der Waals surface area contributed by atoms with Gasteiger partial charge in [0, 0.05) is 11.6 Å². The third-order valence-electron chi connectivity index (χ3n) is 3.35. The van der Waals surface area contributed by atoms with E-state index in [1.165, 1.54) is 25.3 Å². The molecular formula is C18H17FO3. The normalized spacial score (nSPS) is 11.2. The van der Waals surface area contributed by atoms with Crippen molar-refractivity contribution in [1.82, 2.24) is 0 Å². The fraction of sp³-hybridized carbons (Fsp3) is 0.167. The molecule has 2 rings (SSSR count). The van der Waals surface area contributed by atoms with Crippen LogP contribution in [0.1, 0.15) is 12.5 Å². The summed E-state index contributed by atoms with van der Waals surface area (Å²) in [6.07, 6.45) is 1.43. The quantitative estimate of drug-likeness (QED) is 0.630. The monoisotopic (exact) mass is 300 g/mol. The summed E-state index contributed by atoms with van der Waals surface area (Å²) >= 11 is 0. The molecular weight excluding hydrogens is 283 g/mol. The molecule has 0 saturated heterocycles. The van der Waals surface area contributed by atoms with Crippen LogP contribution in [0.3, 0.4) is 0 Å². The summed E-state index contributed by atoms with van der Waals surface area (Å²) in [5.41, 5.74) is 3.21. The zero-order valence-corrected chi connectivity index (χ0v) is 12.7. The van der Waals surface area contributed by atoms with E-state index in [-0.39, 0.29) is 5.82 Å². The Morgan fingerprint density at radius 1 is 1.09 bits per heavy atom. The number of esters is 1. The first-order valence-electron chi connectivity index (χ1n) is 6.75. The lowest BCUT2D eigenvalue weighted by Gasteiger charge is -2.10. The molecule has 0 atom stereocenters. The molecule has 0 aliphatic carbocycles. The van der Waals surface area contributed by atoms with E-state index in [4.69, 9.17) is 4.74 Å². The number of hydrogen-bond donors (Lipinski definition) is 0. The number of hydrogen-bond acceptors (Lipinski definition) is 3. The Morgan fingerprint density at radius 3 is 2.36 bits per heavy atom. The first-order valence-corrected chi connectivity index (χ1v) is 6.75. The Bertz CT molecular complexity index is 703. The van der Waals surface area contributed by atoms with Crippen LogP contribution >= 0.6 is 0 Å². The number of halogens is 1. The molecule has 2 aromatic carbocycles. The molecule has 0 aromatic heterocycles. The number of allylic oxidation sites excluding steroid dienone is 1. The van der Waals surface area contributed by atoms with E-state index in [1.54, 1.807) is 13.2 Å². The van der Waals surface area contributed by atoms with Gasteiger partial charge in [-0.2, -0.15) is 0 Å². The molecule has 2 aromatic rings. The second-order valence-electron chi connectivity index (χ2n) is 4.77. The van der Waals surface area contributed by atoms with Gasteiger partial charge < -0.3 is 9.47 Å². The fourth-order valence-electron chi connectivity index (χ4n) is 2.14. The average Bonchev–Trinajstić information content (AvgIpc) is 2.54. The minimum absolute atomic E-state index is 0.318. The summed E-state index contributed by atoms with van der Waals surface area (Å²) in [5, 5.41) is 0. The van der Waals surface area contributed by atoms with Crippen molar-refractivity contribution in [1.29, 1.82) is 0 Å². The lowest BCUT2D eigenvalue weighted by atomic mass is 10.00. The summed E-state index contributed by atoms with van der Waals surface area (Å²) in [5.74, 6) is -0.106. The number of carbonyl (C=O) groups excluding carboxylic acids is 1. The molecule has 0 amide bonds. The van der Waals surface area contributed by atoms with Crippen LogP contribution in [-0.2, 0) is 9.53 Å². The molecule has 0 unspecified atom stereocenters. The largest absolute Gasteiger partial charge is 0.496 e. The van der Waals surface area contributed by atoms with Crippen LogP contribution < -0.4 is 4.74 Å². The van der Waals surface area contributed by atoms with Gasteiger partial charge in [-0.25, -0.2) is 9.18 Å². The summed E-state index contributed by atoms with van der Waals surface area (Å²) in [6.45, 7) is 1.83. The van der Waals surface area contributed by atoms with Crippen LogP contribution in [0.15, 0.2) is 48.5 Å². The summed E-state index contributed by atoms with van der Waals surface area (Å²) in [4.78, 5) is 11.2. The average molecular weight is 300 g/mol. The van der Waals surface area contributed by atoms with Crippen LogP contribution in [0.5, 0.6) is 5.75 Å². The fourth-order valence-corrected chi connectivity index (χ4v) is 2.14. The van der Waals surface area contributed by atoms with Gasteiger partial charge in [0.25, 0.3) is 0 Å². The van der Waals surface area contributed by atoms with Crippen molar-refractivity contribution < 1.29 is 18.7 Å². The maximum Gasteiger partial charge on any atom is 0.330 e. The van der Waals surface area contributed by atoms with E-state index < -0.39 is 5.97 Å². The maximum absolute atomic E-state index is 13.4. The van der Waals surface area contributed by atoms with E-state index >= 15 is 0 Å². The van der Waals surface area contributed by atoms with Gasteiger partial charge in [0.05, 0.1) is 14.2 Å². The maximum atomic E-state index is 13.4. The lowest BCUT2D eigenvalue weighted by molar-refractivity contribution is -0.134. The smallest absolute Gasteiger partial charge is 0.330 e. The second kappa shape index (κ2) is 6.89. The Balaban J connectivity index is 2.35. The molecule has 22 heavy (non-hydrogen) atoms. The van der Waals surface area contributed by atoms with Gasteiger partial charge in [-0.1, -0.05) is 24.3 Å². The Labute approximate surface area is 129 Å². The van der Waals surface area contributed by atoms with Crippen molar-refractivity contribution in [3.8, 4) is 16.9 Å². The molecule has 0 saturated carbocycles. The minimum Gasteiger partial charge on any atom is -0.496 e. The Morgan fingerprint density at radius 2 is 1.77 bits per heavy atom. The molecule has 114 valence electrons. The molecule has 3 nitrogen and oxygen atoms in total. The number of methoxy groups -OCH3 is 2. The highest BCUT2D eigenvalue weighted by molar-refractivity contribution is 5.91. The van der Waals surface area contributed by atoms with E-state index in [2.05, 4.69) is 4.74 Å². The highest BCUT2D eigenvalue weighted by Gasteiger charge is 2.08. The van der Waals surface area contributed by atoms with Crippen molar-refractivity contribution in [2.45, 2.75) is 6.92 Å². The van der Waals surface area contributed by atoms with Gasteiger partial charge >= 0.3 is 5.97 Å². The van der Waals surface area contributed by atoms with Gasteiger partial charge in [0.15, 0.2) is 0 Å². The predicted molar refractivity (Wildman–Crippen MR) is 84.1 cm³/mol. The third kappa shape index (κ3) is 3.52. The van der Waals surface area contributed by atoms with Crippen molar-refractivity contribution in [2.24, 2.45) is 0 Å². The molecule has 0 aliphatic rings. The Kier molecular flexibility index (Phi) is 4.94. The second-order valence-corrected chi connectivity index (χ2v) is 4.77. The van der Waals surface area contributed by atoms with Gasteiger partial charge in [-0.15, -0.1) is 0 Å². The summed E-state index contributed by atoms with van der Waals surface area (Å²) < 4.78 is 23.3. The molecule has 0 spiro atoms. The SMILES string of the molecule is COC(=O)/C=C(\C)c1ccc(-c2cc(F)ccc2OC)cc1. The molecule has 4 heteroatoms. The molecule has 0 heterocycles. The third-order valence-corrected chi connectivity index (χ3v) is 3.35. The topological polar surface area (TPSA) is 35.5 Å². The van der Waals surface area contributed by atoms with E-state index in [1.807, 2.05) is 31.2 Å². The van der Waals surface area contributed by atoms with Crippen molar-refractivity contribution >= 4 is 11.5 Å². The standard InChI is InChI=1S/C18H17FO3/c1-12(10-18(20)22-3)13-4-6-14(7-5-13)16-11-15(19)8-9-17(16)21-2/h4-11H,1-3H3/b12-10+. The van der Waals surface area contributed by atoms with Gasteiger partial charge in [-0.05, 0) is 41.8 Å². The van der Waals surface area contributed by atoms with E-state index in [0.717, 1.165) is 16.7 Å². The summed E-state index contributed by atoms with van der Waals surface area (Å²) in [7, 11) is 2.89. The zero-order valence-electron chi connectivity index (χ0n) is 12.7. The van der Waals surface area contributed by atoms with Crippen molar-refractivity contribution in [3.63, 3.8) is 0 Å². The number of ether oxygens (including phenoxy) is 2. The minimum atomic E-state index is -0.395. The molecule has 0 bridgehead atoms. The van der Waals surface area contributed by atoms with E-state index in [0.29, 0.717) is 11.3 Å². The highest BCUT2D eigenvalue weighted by atomic mass is 19.1. The van der Waals surface area contributed by atoms with Crippen LogP contribution in [0.25, 0.3) is 16.7 Å². The molecule has 0 N–H and O–H groups in total. The number of carbonyl (C=O) groups is 1. The van der Waals surface area contributed by atoms with Crippen LogP contribution in [0.4, 0.5) is 4.39 Å². The van der Waals surface area contributed by atoms with Crippen molar-refractivity contribution in [3.05, 3.63) is 59.9 Å². The predicted octanol–water partition coefficient (Wildman–Crippen LogP) is 4.08. The van der Waals surface area contributed by atoms with Crippen LogP contribution in [0.2, 0.25) is 0 Å².